The minimum atomic E-state index is -1.33. The van der Waals surface area contributed by atoms with Crippen molar-refractivity contribution in [2.24, 2.45) is 5.11 Å². The zero-order valence-corrected chi connectivity index (χ0v) is 10.6. The van der Waals surface area contributed by atoms with Crippen molar-refractivity contribution >= 4 is 5.97 Å². The molecular weight excluding hydrogens is 264 g/mol. The predicted octanol–water partition coefficient (Wildman–Crippen LogP) is 1.35. The number of aromatic hydroxyl groups is 1. The van der Waals surface area contributed by atoms with E-state index >= 15 is 0 Å². The van der Waals surface area contributed by atoms with Crippen molar-refractivity contribution in [2.45, 2.75) is 12.0 Å². The van der Waals surface area contributed by atoms with Crippen molar-refractivity contribution in [3.05, 3.63) is 34.2 Å². The number of carboxylic acids is 1. The Morgan fingerprint density at radius 2 is 2.40 bits per heavy atom. The quantitative estimate of drug-likeness (QED) is 0.313. The molecule has 0 saturated carbocycles. The van der Waals surface area contributed by atoms with Gasteiger partial charge in [-0.1, -0.05) is 5.11 Å². The Morgan fingerprint density at radius 1 is 1.60 bits per heavy atom. The van der Waals surface area contributed by atoms with E-state index < -0.39 is 11.5 Å². The number of nitrogens with zero attached hydrogens (tertiary/aromatic N) is 3. The molecular formula is C12H14N4O4. The number of rotatable bonds is 6. The van der Waals surface area contributed by atoms with Crippen molar-refractivity contribution in [1.82, 2.24) is 5.32 Å². The van der Waals surface area contributed by atoms with Crippen molar-refractivity contribution in [3.63, 3.8) is 0 Å². The van der Waals surface area contributed by atoms with Crippen LogP contribution in [0.2, 0.25) is 0 Å². The van der Waals surface area contributed by atoms with E-state index in [0.29, 0.717) is 30.8 Å². The molecule has 20 heavy (non-hydrogen) atoms. The second-order valence-corrected chi connectivity index (χ2v) is 4.41. The van der Waals surface area contributed by atoms with Crippen LogP contribution in [0.4, 0.5) is 0 Å². The van der Waals surface area contributed by atoms with Gasteiger partial charge in [0.25, 0.3) is 0 Å². The number of ether oxygens (including phenoxy) is 1. The Labute approximate surface area is 114 Å². The summed E-state index contributed by atoms with van der Waals surface area (Å²) in [6, 6.07) is 4.35. The molecule has 1 aromatic rings. The van der Waals surface area contributed by atoms with Crippen LogP contribution in [0.1, 0.15) is 12.0 Å². The van der Waals surface area contributed by atoms with E-state index in [1.54, 1.807) is 0 Å². The van der Waals surface area contributed by atoms with Crippen LogP contribution < -0.4 is 10.1 Å². The van der Waals surface area contributed by atoms with Gasteiger partial charge in [0.1, 0.15) is 18.1 Å². The van der Waals surface area contributed by atoms with E-state index in [9.17, 15) is 15.0 Å². The third-order valence-corrected chi connectivity index (χ3v) is 3.16. The van der Waals surface area contributed by atoms with Gasteiger partial charge in [-0.2, -0.15) is 0 Å². The Hall–Kier alpha value is -2.44. The minimum Gasteiger partial charge on any atom is -0.508 e. The second kappa shape index (κ2) is 5.68. The second-order valence-electron chi connectivity index (χ2n) is 4.41. The van der Waals surface area contributed by atoms with Crippen LogP contribution in [0.25, 0.3) is 10.4 Å². The molecule has 8 nitrogen and oxygen atoms in total. The molecule has 8 heteroatoms. The van der Waals surface area contributed by atoms with E-state index in [4.69, 9.17) is 10.3 Å². The molecule has 106 valence electrons. The summed E-state index contributed by atoms with van der Waals surface area (Å²) in [7, 11) is 0. The molecule has 0 bridgehead atoms. The highest BCUT2D eigenvalue weighted by atomic mass is 16.5. The highest BCUT2D eigenvalue weighted by Gasteiger charge is 2.47. The summed E-state index contributed by atoms with van der Waals surface area (Å²) < 4.78 is 5.35. The van der Waals surface area contributed by atoms with Gasteiger partial charge < -0.3 is 14.9 Å². The third-order valence-electron chi connectivity index (χ3n) is 3.16. The molecule has 1 unspecified atom stereocenters. The van der Waals surface area contributed by atoms with E-state index in [2.05, 4.69) is 15.3 Å². The average molecular weight is 278 g/mol. The Balaban J connectivity index is 2.17. The van der Waals surface area contributed by atoms with Gasteiger partial charge in [0, 0.05) is 23.1 Å². The molecule has 1 aliphatic rings. The monoisotopic (exact) mass is 278 g/mol. The number of aliphatic carboxylic acids is 1. The number of azide groups is 1. The van der Waals surface area contributed by atoms with Crippen LogP contribution in [0.5, 0.6) is 11.5 Å². The number of phenolic OH excluding ortho intramolecular Hbond substituents is 1. The van der Waals surface area contributed by atoms with Gasteiger partial charge in [-0.3, -0.25) is 5.32 Å². The fourth-order valence-electron chi connectivity index (χ4n) is 2.14. The number of hydrogen-bond donors (Lipinski definition) is 3. The average Bonchev–Trinajstić information content (AvgIpc) is 2.78. The lowest BCUT2D eigenvalue weighted by Crippen LogP contribution is -2.51. The van der Waals surface area contributed by atoms with Gasteiger partial charge in [-0.15, -0.1) is 0 Å². The maximum Gasteiger partial charge on any atom is 0.332 e. The minimum absolute atomic E-state index is 0.0216. The van der Waals surface area contributed by atoms with Crippen LogP contribution in [0, 0.1) is 0 Å². The molecule has 0 aromatic heterocycles. The van der Waals surface area contributed by atoms with Gasteiger partial charge in [0.15, 0.2) is 5.54 Å². The molecule has 1 atom stereocenters. The van der Waals surface area contributed by atoms with E-state index in [1.807, 2.05) is 0 Å². The SMILES string of the molecule is [N-]=[N+]=NCCCNC1(C(=O)O)COc2cc(O)ccc21. The van der Waals surface area contributed by atoms with Crippen LogP contribution >= 0.6 is 0 Å². The first-order valence-corrected chi connectivity index (χ1v) is 6.06. The van der Waals surface area contributed by atoms with Crippen molar-refractivity contribution in [2.75, 3.05) is 19.7 Å². The lowest BCUT2D eigenvalue weighted by atomic mass is 9.92. The first-order chi connectivity index (χ1) is 9.60. The number of phenols is 1. The number of fused-ring (bicyclic) bond motifs is 1. The molecule has 3 N–H and O–H groups in total. The topological polar surface area (TPSA) is 128 Å². The van der Waals surface area contributed by atoms with Crippen LogP contribution in [0.3, 0.4) is 0 Å². The van der Waals surface area contributed by atoms with Gasteiger partial charge in [0.2, 0.25) is 0 Å². The molecule has 1 aliphatic heterocycles. The fourth-order valence-corrected chi connectivity index (χ4v) is 2.14. The van der Waals surface area contributed by atoms with Gasteiger partial charge in [0.05, 0.1) is 0 Å². The van der Waals surface area contributed by atoms with E-state index in [-0.39, 0.29) is 12.4 Å². The molecule has 0 saturated heterocycles. The number of benzene rings is 1. The Bertz CT molecular complexity index is 571. The lowest BCUT2D eigenvalue weighted by molar-refractivity contribution is -0.145. The lowest BCUT2D eigenvalue weighted by Gasteiger charge is -2.24. The molecule has 0 aliphatic carbocycles. The Kier molecular flexibility index (Phi) is 3.97. The molecule has 1 heterocycles. The number of carboxylic acid groups (broad SMARTS) is 1. The first-order valence-electron chi connectivity index (χ1n) is 6.06. The van der Waals surface area contributed by atoms with Crippen LogP contribution in [0.15, 0.2) is 23.3 Å². The smallest absolute Gasteiger partial charge is 0.332 e. The molecule has 2 rings (SSSR count). The van der Waals surface area contributed by atoms with Crippen molar-refractivity contribution in [3.8, 4) is 11.5 Å². The van der Waals surface area contributed by atoms with Crippen molar-refractivity contribution in [1.29, 1.82) is 0 Å². The third kappa shape index (κ3) is 2.47. The van der Waals surface area contributed by atoms with Crippen LogP contribution in [-0.4, -0.2) is 35.9 Å². The molecule has 0 amide bonds. The molecule has 0 fully saturated rings. The summed E-state index contributed by atoms with van der Waals surface area (Å²) in [6.45, 7) is 0.611. The summed E-state index contributed by atoms with van der Waals surface area (Å²) >= 11 is 0. The molecule has 0 radical (unpaired) electrons. The fraction of sp³-hybridized carbons (Fsp3) is 0.417. The number of nitrogens with one attached hydrogen (secondary N) is 1. The van der Waals surface area contributed by atoms with E-state index in [0.717, 1.165) is 0 Å². The number of hydrogen-bond acceptors (Lipinski definition) is 5. The first kappa shape index (κ1) is 14.0. The largest absolute Gasteiger partial charge is 0.508 e. The van der Waals surface area contributed by atoms with Crippen molar-refractivity contribution < 1.29 is 19.7 Å². The normalized spacial score (nSPS) is 19.8. The van der Waals surface area contributed by atoms with Gasteiger partial charge in [-0.25, -0.2) is 4.79 Å². The molecule has 1 aromatic carbocycles. The van der Waals surface area contributed by atoms with Gasteiger partial charge >= 0.3 is 5.97 Å². The van der Waals surface area contributed by atoms with Crippen LogP contribution in [-0.2, 0) is 10.3 Å². The Morgan fingerprint density at radius 3 is 3.10 bits per heavy atom. The highest BCUT2D eigenvalue weighted by molar-refractivity contribution is 5.83. The summed E-state index contributed by atoms with van der Waals surface area (Å²) in [5.41, 5.74) is 7.32. The predicted molar refractivity (Wildman–Crippen MR) is 69.5 cm³/mol. The summed E-state index contributed by atoms with van der Waals surface area (Å²) in [4.78, 5) is 14.2. The summed E-state index contributed by atoms with van der Waals surface area (Å²) in [5, 5.41) is 25.2. The zero-order valence-electron chi connectivity index (χ0n) is 10.6. The zero-order chi connectivity index (χ0) is 14.6. The highest BCUT2D eigenvalue weighted by Crippen LogP contribution is 2.39. The summed E-state index contributed by atoms with van der Waals surface area (Å²) in [5.74, 6) is -0.672. The number of carbonyl (C=O) groups is 1. The maximum atomic E-state index is 11.6. The van der Waals surface area contributed by atoms with Gasteiger partial charge in [-0.05, 0) is 30.6 Å². The summed E-state index contributed by atoms with van der Waals surface area (Å²) in [6.07, 6.45) is 0.520. The molecule has 0 spiro atoms. The standard InChI is InChI=1S/C12H14N4O4/c13-16-15-5-1-4-14-12(11(18)19)7-20-10-6-8(17)2-3-9(10)12/h2-3,6,14,17H,1,4-5,7H2,(H,18,19). The maximum absolute atomic E-state index is 11.6. The van der Waals surface area contributed by atoms with E-state index in [1.165, 1.54) is 18.2 Å².